The van der Waals surface area contributed by atoms with Gasteiger partial charge in [-0.2, -0.15) is 0 Å². The number of nitrogens with zero attached hydrogens (tertiary/aromatic N) is 2. The van der Waals surface area contributed by atoms with Crippen LogP contribution in [0.1, 0.15) is 16.8 Å². The molecule has 1 aromatic rings. The molecule has 0 aliphatic carbocycles. The lowest BCUT2D eigenvalue weighted by Gasteiger charge is -2.11. The molecule has 1 unspecified atom stereocenters. The van der Waals surface area contributed by atoms with Gasteiger partial charge in [-0.15, -0.1) is 0 Å². The minimum Gasteiger partial charge on any atom is -0.381 e. The largest absolute Gasteiger partial charge is 0.381 e. The Morgan fingerprint density at radius 2 is 2.59 bits per heavy atom. The monoisotopic (exact) mass is 253 g/mol. The van der Waals surface area contributed by atoms with Gasteiger partial charge in [0.25, 0.3) is 0 Å². The standard InChI is InChI=1S/C11H15N3O2S/c1-17-11-13-5-9(6-15)10(14-11)12-4-8-2-3-16-7-8/h5-6,8H,2-4,7H2,1H3,(H,12,13,14). The van der Waals surface area contributed by atoms with Crippen molar-refractivity contribution in [3.05, 3.63) is 11.8 Å². The van der Waals surface area contributed by atoms with Gasteiger partial charge in [0.2, 0.25) is 0 Å². The molecule has 1 atom stereocenters. The van der Waals surface area contributed by atoms with Gasteiger partial charge < -0.3 is 10.1 Å². The van der Waals surface area contributed by atoms with Crippen LogP contribution in [-0.2, 0) is 4.74 Å². The highest BCUT2D eigenvalue weighted by Gasteiger charge is 2.16. The summed E-state index contributed by atoms with van der Waals surface area (Å²) in [5, 5.41) is 3.87. The quantitative estimate of drug-likeness (QED) is 0.487. The average Bonchev–Trinajstić information content (AvgIpc) is 2.89. The number of hydrogen-bond acceptors (Lipinski definition) is 6. The molecule has 1 N–H and O–H groups in total. The van der Waals surface area contributed by atoms with Gasteiger partial charge in [0.15, 0.2) is 11.4 Å². The van der Waals surface area contributed by atoms with Crippen LogP contribution in [0.3, 0.4) is 0 Å². The number of hydrogen-bond donors (Lipinski definition) is 1. The van der Waals surface area contributed by atoms with Crippen LogP contribution in [0.5, 0.6) is 0 Å². The van der Waals surface area contributed by atoms with Crippen molar-refractivity contribution >= 4 is 23.9 Å². The van der Waals surface area contributed by atoms with Gasteiger partial charge >= 0.3 is 0 Å². The van der Waals surface area contributed by atoms with Crippen LogP contribution in [0.15, 0.2) is 11.4 Å². The van der Waals surface area contributed by atoms with Gasteiger partial charge in [-0.1, -0.05) is 11.8 Å². The van der Waals surface area contributed by atoms with Crippen molar-refractivity contribution < 1.29 is 9.53 Å². The van der Waals surface area contributed by atoms with Crippen LogP contribution >= 0.6 is 11.8 Å². The molecular formula is C11H15N3O2S. The summed E-state index contributed by atoms with van der Waals surface area (Å²) in [7, 11) is 0. The molecule has 0 spiro atoms. The van der Waals surface area contributed by atoms with Crippen LogP contribution < -0.4 is 5.32 Å². The molecule has 0 bridgehead atoms. The van der Waals surface area contributed by atoms with Crippen LogP contribution in [-0.4, -0.2) is 42.3 Å². The normalized spacial score (nSPS) is 19.2. The van der Waals surface area contributed by atoms with E-state index in [9.17, 15) is 4.79 Å². The summed E-state index contributed by atoms with van der Waals surface area (Å²) in [5.74, 6) is 1.12. The van der Waals surface area contributed by atoms with Gasteiger partial charge in [-0.05, 0) is 12.7 Å². The van der Waals surface area contributed by atoms with E-state index >= 15 is 0 Å². The van der Waals surface area contributed by atoms with E-state index < -0.39 is 0 Å². The number of rotatable bonds is 5. The Morgan fingerprint density at radius 1 is 1.71 bits per heavy atom. The molecule has 1 saturated heterocycles. The Kier molecular flexibility index (Phi) is 4.33. The Labute approximate surface area is 104 Å². The number of aldehydes is 1. The molecule has 2 heterocycles. The number of ether oxygens (including phenoxy) is 1. The van der Waals surface area contributed by atoms with Crippen molar-refractivity contribution in [3.63, 3.8) is 0 Å². The Bertz CT molecular complexity index is 394. The maximum absolute atomic E-state index is 10.9. The zero-order chi connectivity index (χ0) is 12.1. The smallest absolute Gasteiger partial charge is 0.189 e. The van der Waals surface area contributed by atoms with Crippen molar-refractivity contribution in [2.45, 2.75) is 11.6 Å². The summed E-state index contributed by atoms with van der Waals surface area (Å²) in [4.78, 5) is 19.2. The van der Waals surface area contributed by atoms with Crippen LogP contribution in [0.2, 0.25) is 0 Å². The summed E-state index contributed by atoms with van der Waals surface area (Å²) < 4.78 is 5.30. The van der Waals surface area contributed by atoms with Crippen molar-refractivity contribution in [2.75, 3.05) is 31.3 Å². The van der Waals surface area contributed by atoms with E-state index in [1.807, 2.05) is 6.26 Å². The summed E-state index contributed by atoms with van der Waals surface area (Å²) >= 11 is 1.46. The van der Waals surface area contributed by atoms with E-state index in [1.165, 1.54) is 11.8 Å². The first-order valence-corrected chi connectivity index (χ1v) is 6.73. The minimum atomic E-state index is 0.502. The maximum Gasteiger partial charge on any atom is 0.189 e. The molecule has 0 amide bonds. The summed E-state index contributed by atoms with van der Waals surface area (Å²) in [6.07, 6.45) is 5.30. The van der Waals surface area contributed by atoms with Crippen LogP contribution in [0, 0.1) is 5.92 Å². The molecule has 0 aromatic carbocycles. The molecule has 0 radical (unpaired) electrons. The Hall–Kier alpha value is -1.14. The SMILES string of the molecule is CSc1ncc(C=O)c(NCC2CCOC2)n1. The molecule has 92 valence electrons. The number of carbonyl (C=O) groups is 1. The second-order valence-corrected chi connectivity index (χ2v) is 4.66. The number of carbonyl (C=O) groups excluding carboxylic acids is 1. The molecule has 17 heavy (non-hydrogen) atoms. The fourth-order valence-electron chi connectivity index (χ4n) is 1.69. The topological polar surface area (TPSA) is 64.1 Å². The predicted molar refractivity (Wildman–Crippen MR) is 66.6 cm³/mol. The van der Waals surface area contributed by atoms with E-state index in [2.05, 4.69) is 15.3 Å². The third-order valence-corrected chi connectivity index (χ3v) is 3.25. The highest BCUT2D eigenvalue weighted by molar-refractivity contribution is 7.98. The first kappa shape index (κ1) is 12.3. The van der Waals surface area contributed by atoms with Crippen molar-refractivity contribution in [1.82, 2.24) is 9.97 Å². The third-order valence-electron chi connectivity index (χ3n) is 2.69. The highest BCUT2D eigenvalue weighted by Crippen LogP contribution is 2.17. The van der Waals surface area contributed by atoms with E-state index in [0.717, 1.165) is 32.5 Å². The fraction of sp³-hybridized carbons (Fsp3) is 0.545. The zero-order valence-corrected chi connectivity index (χ0v) is 10.5. The lowest BCUT2D eigenvalue weighted by atomic mass is 10.1. The minimum absolute atomic E-state index is 0.502. The van der Waals surface area contributed by atoms with Gasteiger partial charge in [0.05, 0.1) is 12.2 Å². The summed E-state index contributed by atoms with van der Waals surface area (Å²) in [6, 6.07) is 0. The number of thioether (sulfide) groups is 1. The molecular weight excluding hydrogens is 238 g/mol. The number of aromatic nitrogens is 2. The summed E-state index contributed by atoms with van der Waals surface area (Å²) in [6.45, 7) is 2.39. The predicted octanol–water partition coefficient (Wildman–Crippen LogP) is 1.46. The third kappa shape index (κ3) is 3.17. The first-order chi connectivity index (χ1) is 8.33. The van der Waals surface area contributed by atoms with Crippen LogP contribution in [0.4, 0.5) is 5.82 Å². The Morgan fingerprint density at radius 3 is 3.24 bits per heavy atom. The Balaban J connectivity index is 2.03. The fourth-order valence-corrected chi connectivity index (χ4v) is 2.03. The molecule has 0 saturated carbocycles. The van der Waals surface area contributed by atoms with E-state index in [1.54, 1.807) is 6.20 Å². The lowest BCUT2D eigenvalue weighted by Crippen LogP contribution is -2.16. The van der Waals surface area contributed by atoms with E-state index in [4.69, 9.17) is 4.74 Å². The number of nitrogens with one attached hydrogen (secondary N) is 1. The van der Waals surface area contributed by atoms with Crippen molar-refractivity contribution in [2.24, 2.45) is 5.92 Å². The average molecular weight is 253 g/mol. The van der Waals surface area contributed by atoms with E-state index in [-0.39, 0.29) is 0 Å². The van der Waals surface area contributed by atoms with Gasteiger partial charge in [0, 0.05) is 25.3 Å². The molecule has 1 fully saturated rings. The maximum atomic E-state index is 10.9. The van der Waals surface area contributed by atoms with Crippen LogP contribution in [0.25, 0.3) is 0 Å². The van der Waals surface area contributed by atoms with Gasteiger partial charge in [0.1, 0.15) is 5.82 Å². The first-order valence-electron chi connectivity index (χ1n) is 5.51. The summed E-state index contributed by atoms with van der Waals surface area (Å²) in [5.41, 5.74) is 0.502. The second kappa shape index (κ2) is 5.97. The highest BCUT2D eigenvalue weighted by atomic mass is 32.2. The second-order valence-electron chi connectivity index (χ2n) is 3.89. The van der Waals surface area contributed by atoms with Crippen molar-refractivity contribution in [3.8, 4) is 0 Å². The number of anilines is 1. The molecule has 5 nitrogen and oxygen atoms in total. The van der Waals surface area contributed by atoms with Gasteiger partial charge in [-0.25, -0.2) is 9.97 Å². The molecule has 1 aliphatic heterocycles. The molecule has 2 rings (SSSR count). The zero-order valence-electron chi connectivity index (χ0n) is 9.68. The molecule has 6 heteroatoms. The van der Waals surface area contributed by atoms with Gasteiger partial charge in [-0.3, -0.25) is 4.79 Å². The van der Waals surface area contributed by atoms with Crippen molar-refractivity contribution in [1.29, 1.82) is 0 Å². The molecule has 1 aliphatic rings. The molecule has 1 aromatic heterocycles. The lowest BCUT2D eigenvalue weighted by molar-refractivity contribution is 0.112. The van der Waals surface area contributed by atoms with E-state index in [0.29, 0.717) is 22.5 Å².